The van der Waals surface area contributed by atoms with E-state index in [1.165, 1.54) is 83.5 Å². The second-order valence-corrected chi connectivity index (χ2v) is 11.2. The van der Waals surface area contributed by atoms with Gasteiger partial charge in [0.15, 0.2) is 0 Å². The van der Waals surface area contributed by atoms with Crippen LogP contribution in [-0.4, -0.2) is 123 Å². The van der Waals surface area contributed by atoms with Crippen LogP contribution < -0.4 is 19.2 Å². The maximum atomic E-state index is 10.3. The van der Waals surface area contributed by atoms with E-state index in [1.807, 2.05) is 0 Å². The van der Waals surface area contributed by atoms with Crippen molar-refractivity contribution in [2.45, 2.75) is 110 Å². The van der Waals surface area contributed by atoms with Crippen molar-refractivity contribution in [1.82, 2.24) is 0 Å². The zero-order valence-corrected chi connectivity index (χ0v) is 27.6. The van der Waals surface area contributed by atoms with Crippen molar-refractivity contribution in [2.24, 2.45) is 0 Å². The van der Waals surface area contributed by atoms with Crippen molar-refractivity contribution < 1.29 is 67.4 Å². The monoisotopic (exact) mass is 616 g/mol. The fourth-order valence-corrected chi connectivity index (χ4v) is 2.65. The van der Waals surface area contributed by atoms with E-state index >= 15 is 0 Å². The van der Waals surface area contributed by atoms with E-state index in [0.29, 0.717) is 6.42 Å². The third kappa shape index (κ3) is 139. The molecule has 0 saturated heterocycles. The van der Waals surface area contributed by atoms with Gasteiger partial charge >= 0.3 is 70.2 Å². The molecule has 0 rings (SSSR count). The van der Waals surface area contributed by atoms with Crippen LogP contribution in [0.1, 0.15) is 110 Å². The summed E-state index contributed by atoms with van der Waals surface area (Å²) >= 11 is 0. The number of carboxylic acid groups (broad SMARTS) is 1. The van der Waals surface area contributed by atoms with Crippen LogP contribution in [0.3, 0.4) is 0 Å². The molecule has 0 aromatic carbocycles. The molecule has 0 heterocycles. The number of hydrogen-bond donors (Lipinski definition) is 9. The smallest absolute Gasteiger partial charge is 0.894 e. The second kappa shape index (κ2) is 33.4. The van der Waals surface area contributed by atoms with Crippen molar-refractivity contribution in [3.63, 3.8) is 0 Å². The van der Waals surface area contributed by atoms with Gasteiger partial charge < -0.3 is 71.7 Å². The Bertz CT molecular complexity index is 404. The Balaban J connectivity index is -0.000000116. The average Bonchev–Trinajstić information content (AvgIpc) is 2.60. The fraction of sp³-hybridized carbons (Fsp3) is 0.944. The van der Waals surface area contributed by atoms with Crippen molar-refractivity contribution in [3.8, 4) is 0 Å². The molecular weight excluding hydrogens is 573 g/mol. The largest absolute Gasteiger partial charge is 2.00 e. The van der Waals surface area contributed by atoms with Gasteiger partial charge in [0.05, 0.1) is 0 Å². The Morgan fingerprint density at radius 3 is 0.838 bits per heavy atom. The molecule has 216 valence electrons. The molecule has 0 radical (unpaired) electrons. The SMILES string of the molecule is CCCCCCCCCCCCCCCCCC(=O)O.O[Si](O)(O)O.O[Si](O)(O)O.[Mg+2].[Mg+2].[O-][Si]([O-])([O-])[O-]. The first kappa shape index (κ1) is 51.0. The molecular formula is C18H44Mg2O14Si3. The van der Waals surface area contributed by atoms with E-state index in [1.54, 1.807) is 0 Å². The summed E-state index contributed by atoms with van der Waals surface area (Å²) in [5.74, 6) is -0.653. The van der Waals surface area contributed by atoms with Crippen LogP contribution in [0.5, 0.6) is 0 Å². The van der Waals surface area contributed by atoms with Crippen molar-refractivity contribution >= 4 is 79.2 Å². The predicted octanol–water partition coefficient (Wildman–Crippen LogP) is -4.78. The molecule has 0 atom stereocenters. The minimum atomic E-state index is -5.61. The predicted molar refractivity (Wildman–Crippen MR) is 134 cm³/mol. The molecule has 0 fully saturated rings. The van der Waals surface area contributed by atoms with Gasteiger partial charge in [-0.1, -0.05) is 96.8 Å². The summed E-state index contributed by atoms with van der Waals surface area (Å²) in [6.45, 7) is 2.27. The fourth-order valence-electron chi connectivity index (χ4n) is 2.65. The van der Waals surface area contributed by atoms with Gasteiger partial charge in [0.1, 0.15) is 0 Å². The molecule has 0 bridgehead atoms. The maximum absolute atomic E-state index is 10.3. The average molecular weight is 617 g/mol. The molecule has 0 aliphatic rings. The van der Waals surface area contributed by atoms with Gasteiger partial charge in [-0.25, -0.2) is 0 Å². The molecule has 37 heavy (non-hydrogen) atoms. The summed E-state index contributed by atoms with van der Waals surface area (Å²) in [6.07, 6.45) is 20.2. The Hall–Kier alpha value is 1.17. The van der Waals surface area contributed by atoms with E-state index in [0.717, 1.165) is 12.8 Å². The number of carboxylic acids is 1. The van der Waals surface area contributed by atoms with Gasteiger partial charge in [0.25, 0.3) is 0 Å². The Morgan fingerprint density at radius 2 is 0.676 bits per heavy atom. The molecule has 0 aromatic heterocycles. The standard InChI is InChI=1S/C18H36O2.2Mg.2H4O4Si.O4Si/c1-2-3-4-5-6-7-8-9-10-11-12-13-14-15-16-17-18(19)20;;;3*1-5(2,3)4/h2-17H2,1H3,(H,19,20);;;2*1-4H;/q;2*+2;;;-4. The summed E-state index contributed by atoms with van der Waals surface area (Å²) in [7, 11) is -14.8. The molecule has 0 amide bonds. The molecule has 0 aliphatic carbocycles. The molecule has 0 aliphatic heterocycles. The summed E-state index contributed by atoms with van der Waals surface area (Å²) in [5.41, 5.74) is 0. The number of hydrogen-bond acceptors (Lipinski definition) is 13. The maximum Gasteiger partial charge on any atom is 2.00 e. The Kier molecular flexibility index (Phi) is 46.0. The normalized spacial score (nSPS) is 10.7. The van der Waals surface area contributed by atoms with Crippen LogP contribution in [0.2, 0.25) is 0 Å². The van der Waals surface area contributed by atoms with Crippen LogP contribution in [-0.2, 0) is 4.79 Å². The quantitative estimate of drug-likeness (QED) is 0.0581. The van der Waals surface area contributed by atoms with Gasteiger partial charge in [-0.15, -0.1) is 0 Å². The van der Waals surface area contributed by atoms with Crippen LogP contribution in [0, 0.1) is 0 Å². The molecule has 9 N–H and O–H groups in total. The summed E-state index contributed by atoms with van der Waals surface area (Å²) < 4.78 is 0. The van der Waals surface area contributed by atoms with Crippen LogP contribution in [0.4, 0.5) is 0 Å². The Labute approximate surface area is 255 Å². The van der Waals surface area contributed by atoms with Crippen molar-refractivity contribution in [1.29, 1.82) is 0 Å². The molecule has 19 heteroatoms. The second-order valence-electron chi connectivity index (χ2n) is 7.79. The molecule has 0 saturated carbocycles. The molecule has 0 aromatic rings. The summed E-state index contributed by atoms with van der Waals surface area (Å²) in [5, 5.41) is 8.52. The van der Waals surface area contributed by atoms with E-state index in [9.17, 15) is 4.79 Å². The van der Waals surface area contributed by atoms with E-state index in [-0.39, 0.29) is 46.1 Å². The zero-order valence-electron chi connectivity index (χ0n) is 21.8. The van der Waals surface area contributed by atoms with Crippen LogP contribution >= 0.6 is 0 Å². The summed E-state index contributed by atoms with van der Waals surface area (Å²) in [4.78, 5) is 103. The number of unbranched alkanes of at least 4 members (excludes halogenated alkanes) is 14. The van der Waals surface area contributed by atoms with Crippen molar-refractivity contribution in [2.75, 3.05) is 0 Å². The third-order valence-electron chi connectivity index (χ3n) is 3.99. The molecule has 0 spiro atoms. The van der Waals surface area contributed by atoms with Crippen LogP contribution in [0.15, 0.2) is 0 Å². The summed E-state index contributed by atoms with van der Waals surface area (Å²) in [6, 6.07) is 0. The molecule has 14 nitrogen and oxygen atoms in total. The van der Waals surface area contributed by atoms with Gasteiger partial charge in [-0.05, 0) is 6.42 Å². The molecule has 0 unspecified atom stereocenters. The minimum absolute atomic E-state index is 0. The Morgan fingerprint density at radius 1 is 0.514 bits per heavy atom. The van der Waals surface area contributed by atoms with Gasteiger partial charge in [0.2, 0.25) is 0 Å². The topological polar surface area (TPSA) is 291 Å². The van der Waals surface area contributed by atoms with E-state index in [2.05, 4.69) is 6.92 Å². The zero-order chi connectivity index (χ0) is 28.4. The van der Waals surface area contributed by atoms with Gasteiger partial charge in [-0.2, -0.15) is 0 Å². The number of rotatable bonds is 16. The van der Waals surface area contributed by atoms with Gasteiger partial charge in [0, 0.05) is 6.42 Å². The first-order valence-corrected chi connectivity index (χ1v) is 16.8. The third-order valence-corrected chi connectivity index (χ3v) is 3.99. The van der Waals surface area contributed by atoms with Gasteiger partial charge in [-0.3, -0.25) is 4.79 Å². The van der Waals surface area contributed by atoms with Crippen LogP contribution in [0.25, 0.3) is 0 Å². The first-order valence-electron chi connectivity index (χ1n) is 11.6. The number of aliphatic carboxylic acids is 1. The first-order chi connectivity index (χ1) is 15.8. The number of carbonyl (C=O) groups is 1. The minimum Gasteiger partial charge on any atom is -0.894 e. The van der Waals surface area contributed by atoms with E-state index < -0.39 is 33.1 Å². The van der Waals surface area contributed by atoms with E-state index in [4.69, 9.17) is 62.7 Å². The van der Waals surface area contributed by atoms with Crippen molar-refractivity contribution in [3.05, 3.63) is 0 Å².